The number of nitro groups is 1. The van der Waals surface area contributed by atoms with Crippen molar-refractivity contribution >= 4 is 11.7 Å². The number of piperidine rings is 1. The molecule has 1 aliphatic heterocycles. The molecule has 1 aromatic carbocycles. The van der Waals surface area contributed by atoms with Crippen LogP contribution in [0.25, 0.3) is 0 Å². The Morgan fingerprint density at radius 3 is 2.95 bits per heavy atom. The molecule has 1 N–H and O–H groups in total. The van der Waals surface area contributed by atoms with Crippen LogP contribution in [0.5, 0.6) is 5.75 Å². The van der Waals surface area contributed by atoms with Crippen LogP contribution < -0.4 is 4.74 Å². The van der Waals surface area contributed by atoms with Crippen molar-refractivity contribution in [3.63, 3.8) is 0 Å². The lowest BCUT2D eigenvalue weighted by Crippen LogP contribution is -2.39. The van der Waals surface area contributed by atoms with Gasteiger partial charge in [-0.05, 0) is 37.4 Å². The Balaban J connectivity index is 1.98. The van der Waals surface area contributed by atoms with Crippen LogP contribution in [0.2, 0.25) is 0 Å². The number of benzene rings is 1. The maximum Gasteiger partial charge on any atom is 0.311 e. The topological polar surface area (TPSA) is 92.9 Å². The monoisotopic (exact) mass is 308 g/mol. The van der Waals surface area contributed by atoms with Crippen LogP contribution in [0.4, 0.5) is 5.69 Å². The van der Waals surface area contributed by atoms with E-state index < -0.39 is 10.9 Å². The number of hydrogen-bond acceptors (Lipinski definition) is 5. The minimum absolute atomic E-state index is 0.0398. The van der Waals surface area contributed by atoms with Gasteiger partial charge in [0, 0.05) is 19.2 Å². The molecule has 0 amide bonds. The SMILES string of the molecule is COc1ccc(CCN2CCCC(C(=O)O)C2)cc1[N+](=O)[O-]. The minimum Gasteiger partial charge on any atom is -0.490 e. The molecule has 1 heterocycles. The number of ether oxygens (including phenoxy) is 1. The van der Waals surface area contributed by atoms with Gasteiger partial charge in [-0.25, -0.2) is 0 Å². The Labute approximate surface area is 128 Å². The number of nitrogens with zero attached hydrogens (tertiary/aromatic N) is 2. The maximum absolute atomic E-state index is 11.0. The van der Waals surface area contributed by atoms with Crippen molar-refractivity contribution in [2.45, 2.75) is 19.3 Å². The van der Waals surface area contributed by atoms with Gasteiger partial charge in [-0.1, -0.05) is 6.07 Å². The van der Waals surface area contributed by atoms with Crippen molar-refractivity contribution in [2.24, 2.45) is 5.92 Å². The molecule has 0 spiro atoms. The maximum atomic E-state index is 11.0. The highest BCUT2D eigenvalue weighted by molar-refractivity contribution is 5.70. The largest absolute Gasteiger partial charge is 0.490 e. The Morgan fingerprint density at radius 2 is 2.32 bits per heavy atom. The van der Waals surface area contributed by atoms with Crippen molar-refractivity contribution in [3.8, 4) is 5.75 Å². The first kappa shape index (κ1) is 16.2. The smallest absolute Gasteiger partial charge is 0.311 e. The van der Waals surface area contributed by atoms with E-state index in [1.165, 1.54) is 13.2 Å². The number of likely N-dealkylation sites (tertiary alicyclic amines) is 1. The molecule has 7 nitrogen and oxygen atoms in total. The van der Waals surface area contributed by atoms with Gasteiger partial charge in [0.1, 0.15) is 0 Å². The zero-order valence-electron chi connectivity index (χ0n) is 12.5. The first-order valence-electron chi connectivity index (χ1n) is 7.27. The summed E-state index contributed by atoms with van der Waals surface area (Å²) in [6.07, 6.45) is 2.25. The van der Waals surface area contributed by atoms with Gasteiger partial charge in [-0.3, -0.25) is 14.9 Å². The summed E-state index contributed by atoms with van der Waals surface area (Å²) in [6.45, 7) is 2.13. The average Bonchev–Trinajstić information content (AvgIpc) is 2.52. The van der Waals surface area contributed by atoms with E-state index in [4.69, 9.17) is 9.84 Å². The van der Waals surface area contributed by atoms with Crippen LogP contribution in [0, 0.1) is 16.0 Å². The Bertz CT molecular complexity index is 561. The molecule has 2 rings (SSSR count). The van der Waals surface area contributed by atoms with Gasteiger partial charge >= 0.3 is 11.7 Å². The highest BCUT2D eigenvalue weighted by Gasteiger charge is 2.25. The number of hydrogen-bond donors (Lipinski definition) is 1. The van der Waals surface area contributed by atoms with E-state index in [2.05, 4.69) is 4.90 Å². The van der Waals surface area contributed by atoms with Gasteiger partial charge in [0.2, 0.25) is 0 Å². The molecule has 1 fully saturated rings. The summed E-state index contributed by atoms with van der Waals surface area (Å²) in [5.74, 6) is -0.804. The fourth-order valence-electron chi connectivity index (χ4n) is 2.78. The van der Waals surface area contributed by atoms with Crippen LogP contribution in [0.3, 0.4) is 0 Å². The number of carbonyl (C=O) groups is 1. The molecule has 1 aromatic rings. The van der Waals surface area contributed by atoms with Gasteiger partial charge < -0.3 is 14.7 Å². The number of aliphatic carboxylic acids is 1. The average molecular weight is 308 g/mol. The summed E-state index contributed by atoms with van der Waals surface area (Å²) in [6, 6.07) is 4.94. The second kappa shape index (κ2) is 7.22. The number of carboxylic acids is 1. The van der Waals surface area contributed by atoms with E-state index in [1.807, 2.05) is 6.07 Å². The Hall–Kier alpha value is -2.15. The molecule has 0 aliphatic carbocycles. The van der Waals surface area contributed by atoms with Gasteiger partial charge in [0.05, 0.1) is 18.0 Å². The molecule has 0 bridgehead atoms. The van der Waals surface area contributed by atoms with Crippen LogP contribution in [0.1, 0.15) is 18.4 Å². The number of nitro benzene ring substituents is 1. The molecule has 0 saturated carbocycles. The number of rotatable bonds is 6. The van der Waals surface area contributed by atoms with Gasteiger partial charge in [0.25, 0.3) is 0 Å². The zero-order chi connectivity index (χ0) is 16.1. The summed E-state index contributed by atoms with van der Waals surface area (Å²) in [5.41, 5.74) is 0.812. The molecular weight excluding hydrogens is 288 g/mol. The van der Waals surface area contributed by atoms with Crippen molar-refractivity contribution in [1.29, 1.82) is 0 Å². The molecule has 7 heteroatoms. The first-order valence-corrected chi connectivity index (χ1v) is 7.27. The van der Waals surface area contributed by atoms with Crippen LogP contribution in [-0.2, 0) is 11.2 Å². The second-order valence-corrected chi connectivity index (χ2v) is 5.49. The third-order valence-corrected chi connectivity index (χ3v) is 4.01. The normalized spacial score (nSPS) is 18.9. The lowest BCUT2D eigenvalue weighted by molar-refractivity contribution is -0.385. The summed E-state index contributed by atoms with van der Waals surface area (Å²) in [5, 5.41) is 20.1. The highest BCUT2D eigenvalue weighted by atomic mass is 16.6. The predicted octanol–water partition coefficient (Wildman–Crippen LogP) is 1.94. The summed E-state index contributed by atoms with van der Waals surface area (Å²) in [4.78, 5) is 23.7. The van der Waals surface area contributed by atoms with E-state index in [0.29, 0.717) is 19.5 Å². The number of methoxy groups -OCH3 is 1. The molecule has 0 radical (unpaired) electrons. The van der Waals surface area contributed by atoms with Crippen LogP contribution >= 0.6 is 0 Å². The first-order chi connectivity index (χ1) is 10.5. The van der Waals surface area contributed by atoms with Crippen molar-refractivity contribution in [2.75, 3.05) is 26.7 Å². The zero-order valence-corrected chi connectivity index (χ0v) is 12.5. The molecule has 1 aliphatic rings. The highest BCUT2D eigenvalue weighted by Crippen LogP contribution is 2.28. The molecule has 120 valence electrons. The summed E-state index contributed by atoms with van der Waals surface area (Å²) in [7, 11) is 1.40. The molecule has 1 atom stereocenters. The van der Waals surface area contributed by atoms with Crippen LogP contribution in [-0.4, -0.2) is 47.6 Å². The minimum atomic E-state index is -0.746. The van der Waals surface area contributed by atoms with E-state index in [9.17, 15) is 14.9 Å². The van der Waals surface area contributed by atoms with E-state index in [1.54, 1.807) is 6.07 Å². The standard InChI is InChI=1S/C15H20N2O5/c1-22-14-5-4-11(9-13(14)17(20)21)6-8-16-7-2-3-12(10-16)15(18)19/h4-5,9,12H,2-3,6-8,10H2,1H3,(H,18,19). The van der Waals surface area contributed by atoms with Gasteiger partial charge in [-0.2, -0.15) is 0 Å². The van der Waals surface area contributed by atoms with Crippen molar-refractivity contribution < 1.29 is 19.6 Å². The van der Waals surface area contributed by atoms with Gasteiger partial charge in [0.15, 0.2) is 5.75 Å². The summed E-state index contributed by atoms with van der Waals surface area (Å²) < 4.78 is 4.98. The second-order valence-electron chi connectivity index (χ2n) is 5.49. The van der Waals surface area contributed by atoms with Crippen molar-refractivity contribution in [3.05, 3.63) is 33.9 Å². The van der Waals surface area contributed by atoms with Crippen LogP contribution in [0.15, 0.2) is 18.2 Å². The lowest BCUT2D eigenvalue weighted by Gasteiger charge is -2.30. The Kier molecular flexibility index (Phi) is 5.32. The van der Waals surface area contributed by atoms with E-state index in [0.717, 1.165) is 24.9 Å². The third kappa shape index (κ3) is 3.94. The number of carboxylic acid groups (broad SMARTS) is 1. The van der Waals surface area contributed by atoms with E-state index >= 15 is 0 Å². The van der Waals surface area contributed by atoms with Crippen molar-refractivity contribution in [1.82, 2.24) is 4.90 Å². The third-order valence-electron chi connectivity index (χ3n) is 4.01. The molecular formula is C15H20N2O5. The Morgan fingerprint density at radius 1 is 1.55 bits per heavy atom. The summed E-state index contributed by atoms with van der Waals surface area (Å²) >= 11 is 0. The fourth-order valence-corrected chi connectivity index (χ4v) is 2.78. The van der Waals surface area contributed by atoms with E-state index in [-0.39, 0.29) is 17.4 Å². The predicted molar refractivity (Wildman–Crippen MR) is 80.2 cm³/mol. The molecule has 22 heavy (non-hydrogen) atoms. The van der Waals surface area contributed by atoms with Gasteiger partial charge in [-0.15, -0.1) is 0 Å². The lowest BCUT2D eigenvalue weighted by atomic mass is 9.98. The fraction of sp³-hybridized carbons (Fsp3) is 0.533. The quantitative estimate of drug-likeness (QED) is 0.637. The molecule has 1 saturated heterocycles. The molecule has 1 unspecified atom stereocenters. The molecule has 0 aromatic heterocycles.